The van der Waals surface area contributed by atoms with E-state index in [-0.39, 0.29) is 6.61 Å². The Morgan fingerprint density at radius 1 is 1.15 bits per heavy atom. The average Bonchev–Trinajstić information content (AvgIpc) is 3.01. The van der Waals surface area contributed by atoms with E-state index in [0.29, 0.717) is 16.9 Å². The third-order valence-electron chi connectivity index (χ3n) is 3.38. The first-order valence-corrected chi connectivity index (χ1v) is 6.07. The number of nitrogens with zero attached hydrogens (tertiary/aromatic N) is 4. The molecular weight excluding hydrogens is 268 g/mol. The van der Waals surface area contributed by atoms with Crippen LogP contribution in [-0.2, 0) is 11.3 Å². The van der Waals surface area contributed by atoms with Crippen molar-refractivity contribution < 1.29 is 25.2 Å². The Labute approximate surface area is 113 Å². The number of imidazole rings is 1. The standard InChI is InChI=1S/C11H14N4O5/c16-1-5-7-10(13-3-12-5)15(4-14-7)11-9(19)8(18)6(2-17)20-11/h3-4,6,8-9,11,16-19H,1-2H2/t6-,8-,9-,11-/m0/s1. The lowest BCUT2D eigenvalue weighted by Gasteiger charge is -2.16. The van der Waals surface area contributed by atoms with Crippen LogP contribution in [-0.4, -0.2) is 64.9 Å². The zero-order valence-electron chi connectivity index (χ0n) is 10.4. The highest BCUT2D eigenvalue weighted by Gasteiger charge is 2.43. The Bertz CT molecular complexity index is 618. The molecule has 0 aliphatic carbocycles. The maximum Gasteiger partial charge on any atom is 0.165 e. The fourth-order valence-corrected chi connectivity index (χ4v) is 2.31. The predicted molar refractivity (Wildman–Crippen MR) is 64.3 cm³/mol. The van der Waals surface area contributed by atoms with E-state index in [4.69, 9.17) is 9.84 Å². The SMILES string of the molecule is OCc1ncnc2c1ncn2[C@H]1O[C@@H](CO)[C@H](O)[C@@H]1O. The quantitative estimate of drug-likeness (QED) is 0.504. The molecule has 0 saturated carbocycles. The van der Waals surface area contributed by atoms with Crippen LogP contribution in [0.5, 0.6) is 0 Å². The fraction of sp³-hybridized carbons (Fsp3) is 0.545. The van der Waals surface area contributed by atoms with Crippen LogP contribution in [0.2, 0.25) is 0 Å². The second-order valence-corrected chi connectivity index (χ2v) is 4.53. The monoisotopic (exact) mass is 282 g/mol. The molecule has 3 rings (SSSR count). The number of aromatic nitrogens is 4. The van der Waals surface area contributed by atoms with Gasteiger partial charge in [0.05, 0.1) is 25.2 Å². The summed E-state index contributed by atoms with van der Waals surface area (Å²) in [6.07, 6.45) is -1.52. The molecule has 1 aliphatic rings. The van der Waals surface area contributed by atoms with Crippen molar-refractivity contribution in [1.29, 1.82) is 0 Å². The molecule has 4 atom stereocenters. The van der Waals surface area contributed by atoms with Crippen LogP contribution in [0.15, 0.2) is 12.7 Å². The minimum atomic E-state index is -1.21. The highest BCUT2D eigenvalue weighted by Crippen LogP contribution is 2.31. The van der Waals surface area contributed by atoms with Crippen LogP contribution >= 0.6 is 0 Å². The van der Waals surface area contributed by atoms with Crippen molar-refractivity contribution in [2.24, 2.45) is 0 Å². The van der Waals surface area contributed by atoms with Crippen LogP contribution in [0.25, 0.3) is 11.2 Å². The lowest BCUT2D eigenvalue weighted by atomic mass is 10.1. The van der Waals surface area contributed by atoms with Gasteiger partial charge in [0.1, 0.15) is 30.2 Å². The van der Waals surface area contributed by atoms with Gasteiger partial charge in [-0.15, -0.1) is 0 Å². The molecule has 2 aromatic rings. The van der Waals surface area contributed by atoms with Crippen molar-refractivity contribution in [2.45, 2.75) is 31.1 Å². The molecule has 3 heterocycles. The van der Waals surface area contributed by atoms with Gasteiger partial charge in [0.2, 0.25) is 0 Å². The number of rotatable bonds is 3. The number of fused-ring (bicyclic) bond motifs is 1. The van der Waals surface area contributed by atoms with Gasteiger partial charge in [-0.05, 0) is 0 Å². The second kappa shape index (κ2) is 5.04. The van der Waals surface area contributed by atoms with Gasteiger partial charge in [0.15, 0.2) is 11.9 Å². The van der Waals surface area contributed by atoms with Gasteiger partial charge in [0.25, 0.3) is 0 Å². The number of aliphatic hydroxyl groups excluding tert-OH is 4. The second-order valence-electron chi connectivity index (χ2n) is 4.53. The molecule has 1 saturated heterocycles. The van der Waals surface area contributed by atoms with E-state index in [2.05, 4.69) is 15.0 Å². The van der Waals surface area contributed by atoms with Crippen LogP contribution in [0.4, 0.5) is 0 Å². The minimum Gasteiger partial charge on any atom is -0.394 e. The highest BCUT2D eigenvalue weighted by molar-refractivity contribution is 5.73. The summed E-state index contributed by atoms with van der Waals surface area (Å²) in [5.74, 6) is 0. The fourth-order valence-electron chi connectivity index (χ4n) is 2.31. The number of ether oxygens (including phenoxy) is 1. The van der Waals surface area contributed by atoms with Crippen molar-refractivity contribution in [1.82, 2.24) is 19.5 Å². The highest BCUT2D eigenvalue weighted by atomic mass is 16.6. The van der Waals surface area contributed by atoms with Crippen molar-refractivity contribution in [3.63, 3.8) is 0 Å². The lowest BCUT2D eigenvalue weighted by Crippen LogP contribution is -2.33. The average molecular weight is 282 g/mol. The van der Waals surface area contributed by atoms with Crippen LogP contribution in [0.3, 0.4) is 0 Å². The Balaban J connectivity index is 2.03. The first-order valence-electron chi connectivity index (χ1n) is 6.07. The van der Waals surface area contributed by atoms with Crippen molar-refractivity contribution in [3.8, 4) is 0 Å². The molecule has 4 N–H and O–H groups in total. The largest absolute Gasteiger partial charge is 0.394 e. The summed E-state index contributed by atoms with van der Waals surface area (Å²) in [4.78, 5) is 12.0. The molecular formula is C11H14N4O5. The molecule has 0 unspecified atom stereocenters. The first-order chi connectivity index (χ1) is 9.67. The Kier molecular flexibility index (Phi) is 3.36. The molecule has 0 aromatic carbocycles. The Morgan fingerprint density at radius 3 is 2.60 bits per heavy atom. The van der Waals surface area contributed by atoms with Crippen molar-refractivity contribution >= 4 is 11.2 Å². The molecule has 9 nitrogen and oxygen atoms in total. The molecule has 0 bridgehead atoms. The molecule has 0 spiro atoms. The predicted octanol–water partition coefficient (Wildman–Crippen LogP) is -2.07. The van der Waals surface area contributed by atoms with Crippen LogP contribution in [0.1, 0.15) is 11.9 Å². The van der Waals surface area contributed by atoms with Gasteiger partial charge in [-0.1, -0.05) is 0 Å². The summed E-state index contributed by atoms with van der Waals surface area (Å²) < 4.78 is 6.86. The molecule has 0 amide bonds. The molecule has 0 radical (unpaired) electrons. The van der Waals surface area contributed by atoms with Crippen LogP contribution in [0, 0.1) is 0 Å². The maximum absolute atomic E-state index is 9.99. The topological polar surface area (TPSA) is 134 Å². The summed E-state index contributed by atoms with van der Waals surface area (Å²) in [6.45, 7) is -0.690. The Morgan fingerprint density at radius 2 is 1.95 bits per heavy atom. The van der Waals surface area contributed by atoms with Crippen molar-refractivity contribution in [3.05, 3.63) is 18.3 Å². The van der Waals surface area contributed by atoms with E-state index in [9.17, 15) is 15.3 Å². The van der Waals surface area contributed by atoms with Gasteiger partial charge in [-0.25, -0.2) is 15.0 Å². The van der Waals surface area contributed by atoms with E-state index in [1.165, 1.54) is 17.2 Å². The van der Waals surface area contributed by atoms with Gasteiger partial charge in [-0.2, -0.15) is 0 Å². The summed E-state index contributed by atoms with van der Waals surface area (Å²) in [5, 5.41) is 38.0. The number of hydrogen-bond donors (Lipinski definition) is 4. The molecule has 2 aromatic heterocycles. The van der Waals surface area contributed by atoms with Gasteiger partial charge < -0.3 is 25.2 Å². The van der Waals surface area contributed by atoms with Gasteiger partial charge in [-0.3, -0.25) is 4.57 Å². The molecule has 20 heavy (non-hydrogen) atoms. The summed E-state index contributed by atoms with van der Waals surface area (Å²) in [6, 6.07) is 0. The normalized spacial score (nSPS) is 30.2. The van der Waals surface area contributed by atoms with Crippen molar-refractivity contribution in [2.75, 3.05) is 6.61 Å². The van der Waals surface area contributed by atoms with E-state index in [0.717, 1.165) is 0 Å². The summed E-state index contributed by atoms with van der Waals surface area (Å²) in [5.41, 5.74) is 1.13. The zero-order valence-corrected chi connectivity index (χ0v) is 10.4. The van der Waals surface area contributed by atoms with E-state index in [1.54, 1.807) is 0 Å². The maximum atomic E-state index is 9.99. The zero-order chi connectivity index (χ0) is 14.3. The number of hydrogen-bond acceptors (Lipinski definition) is 8. The number of aliphatic hydroxyl groups is 4. The molecule has 1 aliphatic heterocycles. The Hall–Kier alpha value is -1.65. The summed E-state index contributed by atoms with van der Waals surface area (Å²) >= 11 is 0. The van der Waals surface area contributed by atoms with E-state index < -0.39 is 31.1 Å². The summed E-state index contributed by atoms with van der Waals surface area (Å²) in [7, 11) is 0. The van der Waals surface area contributed by atoms with Gasteiger partial charge in [0, 0.05) is 0 Å². The minimum absolute atomic E-state index is 0.286. The smallest absolute Gasteiger partial charge is 0.165 e. The molecule has 1 fully saturated rings. The lowest BCUT2D eigenvalue weighted by molar-refractivity contribution is -0.0511. The van der Waals surface area contributed by atoms with E-state index >= 15 is 0 Å². The molecule has 9 heteroatoms. The molecule has 108 valence electrons. The van der Waals surface area contributed by atoms with E-state index in [1.807, 2.05) is 0 Å². The van der Waals surface area contributed by atoms with Gasteiger partial charge >= 0.3 is 0 Å². The third-order valence-corrected chi connectivity index (χ3v) is 3.38. The third kappa shape index (κ3) is 1.87. The van der Waals surface area contributed by atoms with Crippen LogP contribution < -0.4 is 0 Å². The first kappa shape index (κ1) is 13.3.